The molecule has 3 fully saturated rings. The van der Waals surface area contributed by atoms with Gasteiger partial charge in [0, 0.05) is 73.5 Å². The molecular formula is C40H46Cl2N6O4. The lowest BCUT2D eigenvalue weighted by molar-refractivity contribution is -0.133. The van der Waals surface area contributed by atoms with Crippen molar-refractivity contribution in [2.45, 2.75) is 64.0 Å². The van der Waals surface area contributed by atoms with Gasteiger partial charge in [-0.2, -0.15) is 0 Å². The SMILES string of the molecule is COc1cc(-c2cn(C)c(=O)c3cnccc23)cc(Cl)c1CN1CCC(CCC2CCN(c3ccc(NC4CCC(=O)NC4=O)cc3Cl)CC2)CC1. The first kappa shape index (κ1) is 36.2. The van der Waals surface area contributed by atoms with Crippen molar-refractivity contribution >= 4 is 57.2 Å². The van der Waals surface area contributed by atoms with Gasteiger partial charge in [0.15, 0.2) is 0 Å². The number of nitrogens with zero attached hydrogens (tertiary/aromatic N) is 4. The van der Waals surface area contributed by atoms with Gasteiger partial charge in [-0.05, 0) is 104 Å². The number of pyridine rings is 2. The number of aryl methyl sites for hydroxylation is 1. The fourth-order valence-corrected chi connectivity index (χ4v) is 8.69. The van der Waals surface area contributed by atoms with Gasteiger partial charge in [-0.25, -0.2) is 0 Å². The second-order valence-corrected chi connectivity index (χ2v) is 15.4. The Morgan fingerprint density at radius 1 is 0.904 bits per heavy atom. The van der Waals surface area contributed by atoms with Gasteiger partial charge in [0.2, 0.25) is 11.8 Å². The molecule has 274 valence electrons. The quantitative estimate of drug-likeness (QED) is 0.167. The summed E-state index contributed by atoms with van der Waals surface area (Å²) in [4.78, 5) is 45.3. The molecule has 3 aliphatic heterocycles. The fourth-order valence-electron chi connectivity index (χ4n) is 8.12. The minimum Gasteiger partial charge on any atom is -0.496 e. The number of rotatable bonds is 10. The number of halogens is 2. The number of hydrogen-bond acceptors (Lipinski definition) is 8. The van der Waals surface area contributed by atoms with Crippen LogP contribution < -0.4 is 25.8 Å². The van der Waals surface area contributed by atoms with Crippen LogP contribution in [0.4, 0.5) is 11.4 Å². The highest BCUT2D eigenvalue weighted by Crippen LogP contribution is 2.38. The Morgan fingerprint density at radius 3 is 2.33 bits per heavy atom. The largest absolute Gasteiger partial charge is 0.496 e. The molecule has 0 aliphatic carbocycles. The van der Waals surface area contributed by atoms with E-state index in [1.165, 1.54) is 25.7 Å². The first-order valence-electron chi connectivity index (χ1n) is 18.3. The lowest BCUT2D eigenvalue weighted by Gasteiger charge is -2.36. The standard InChI is InChI=1S/C40H46Cl2N6O4/c1-46-23-31(29-9-14-43-22-30(29)40(46)51)27-19-33(41)32(37(20-27)52-2)24-47-15-10-25(11-16-47)3-4-26-12-17-48(18-13-26)36-7-5-28(21-34(36)42)44-35-6-8-38(49)45-39(35)50/h5,7,9,14,19-23,25-26,35,44H,3-4,6,8,10-13,15-18,24H2,1-2H3,(H,45,49,50). The third-order valence-corrected chi connectivity index (χ3v) is 11.9. The summed E-state index contributed by atoms with van der Waals surface area (Å²) in [7, 11) is 3.44. The Labute approximate surface area is 314 Å². The number of carbonyl (C=O) groups excluding carboxylic acids is 2. The number of piperidine rings is 3. The van der Waals surface area contributed by atoms with Crippen LogP contribution in [0, 0.1) is 11.8 Å². The molecule has 2 amide bonds. The van der Waals surface area contributed by atoms with Gasteiger partial charge in [0.05, 0.1) is 23.2 Å². The highest BCUT2D eigenvalue weighted by atomic mass is 35.5. The van der Waals surface area contributed by atoms with E-state index in [-0.39, 0.29) is 17.4 Å². The molecule has 0 spiro atoms. The lowest BCUT2D eigenvalue weighted by Crippen LogP contribution is -2.47. The molecule has 1 unspecified atom stereocenters. The van der Waals surface area contributed by atoms with Crippen molar-refractivity contribution in [3.63, 3.8) is 0 Å². The van der Waals surface area contributed by atoms with Gasteiger partial charge in [-0.1, -0.05) is 36.0 Å². The van der Waals surface area contributed by atoms with Crippen LogP contribution in [-0.4, -0.2) is 65.6 Å². The molecule has 2 aromatic heterocycles. The lowest BCUT2D eigenvalue weighted by atomic mass is 9.85. The van der Waals surface area contributed by atoms with Gasteiger partial charge in [0.1, 0.15) is 11.8 Å². The summed E-state index contributed by atoms with van der Waals surface area (Å²) in [5, 5.41) is 8.37. The Hall–Kier alpha value is -4.12. The molecule has 2 N–H and O–H groups in total. The molecule has 7 rings (SSSR count). The van der Waals surface area contributed by atoms with Crippen LogP contribution in [0.2, 0.25) is 10.0 Å². The van der Waals surface area contributed by atoms with E-state index in [4.69, 9.17) is 27.9 Å². The van der Waals surface area contributed by atoms with Crippen molar-refractivity contribution in [2.75, 3.05) is 43.5 Å². The minimum atomic E-state index is -0.428. The number of imide groups is 1. The van der Waals surface area contributed by atoms with Crippen LogP contribution in [0.1, 0.15) is 56.9 Å². The number of anilines is 2. The fraction of sp³-hybridized carbons (Fsp3) is 0.450. The summed E-state index contributed by atoms with van der Waals surface area (Å²) in [6.45, 7) is 4.78. The van der Waals surface area contributed by atoms with E-state index in [2.05, 4.69) is 25.4 Å². The topological polar surface area (TPSA) is 109 Å². The predicted molar refractivity (Wildman–Crippen MR) is 207 cm³/mol. The maximum atomic E-state index is 12.7. The monoisotopic (exact) mass is 744 g/mol. The van der Waals surface area contributed by atoms with Crippen molar-refractivity contribution in [3.05, 3.63) is 81.0 Å². The molecule has 4 aromatic rings. The van der Waals surface area contributed by atoms with Gasteiger partial charge in [-0.15, -0.1) is 0 Å². The van der Waals surface area contributed by atoms with Crippen molar-refractivity contribution in [3.8, 4) is 16.9 Å². The zero-order chi connectivity index (χ0) is 36.4. The van der Waals surface area contributed by atoms with Crippen LogP contribution >= 0.6 is 23.2 Å². The van der Waals surface area contributed by atoms with Gasteiger partial charge >= 0.3 is 0 Å². The normalized spacial score (nSPS) is 19.2. The van der Waals surface area contributed by atoms with Crippen LogP contribution in [-0.2, 0) is 23.2 Å². The van der Waals surface area contributed by atoms with E-state index in [0.717, 1.165) is 96.6 Å². The van der Waals surface area contributed by atoms with Crippen molar-refractivity contribution < 1.29 is 14.3 Å². The van der Waals surface area contributed by atoms with Gasteiger partial charge in [-0.3, -0.25) is 29.6 Å². The Balaban J connectivity index is 0.883. The van der Waals surface area contributed by atoms with Crippen molar-refractivity contribution in [1.82, 2.24) is 19.8 Å². The first-order chi connectivity index (χ1) is 25.2. The van der Waals surface area contributed by atoms with E-state index >= 15 is 0 Å². The second kappa shape index (κ2) is 15.9. The number of amides is 2. The minimum absolute atomic E-state index is 0.0806. The Morgan fingerprint density at radius 2 is 1.63 bits per heavy atom. The van der Waals surface area contributed by atoms with Crippen LogP contribution in [0.5, 0.6) is 5.75 Å². The molecule has 3 saturated heterocycles. The zero-order valence-electron chi connectivity index (χ0n) is 29.8. The number of benzene rings is 2. The smallest absolute Gasteiger partial charge is 0.259 e. The van der Waals surface area contributed by atoms with Crippen molar-refractivity contribution in [1.29, 1.82) is 0 Å². The number of hydrogen-bond donors (Lipinski definition) is 2. The van der Waals surface area contributed by atoms with E-state index in [9.17, 15) is 14.4 Å². The molecule has 12 heteroatoms. The van der Waals surface area contributed by atoms with E-state index < -0.39 is 6.04 Å². The molecule has 52 heavy (non-hydrogen) atoms. The number of carbonyl (C=O) groups is 2. The third-order valence-electron chi connectivity index (χ3n) is 11.2. The number of nitrogens with one attached hydrogen (secondary N) is 2. The zero-order valence-corrected chi connectivity index (χ0v) is 31.3. The highest BCUT2D eigenvalue weighted by Gasteiger charge is 2.28. The van der Waals surface area contributed by atoms with Gasteiger partial charge in [0.25, 0.3) is 5.56 Å². The van der Waals surface area contributed by atoms with Crippen molar-refractivity contribution in [2.24, 2.45) is 18.9 Å². The Kier molecular flexibility index (Phi) is 11.1. The highest BCUT2D eigenvalue weighted by molar-refractivity contribution is 6.33. The number of likely N-dealkylation sites (tertiary alicyclic amines) is 1. The third kappa shape index (κ3) is 7.94. The molecule has 1 atom stereocenters. The predicted octanol–water partition coefficient (Wildman–Crippen LogP) is 7.04. The maximum Gasteiger partial charge on any atom is 0.259 e. The van der Waals surface area contributed by atoms with Crippen LogP contribution in [0.25, 0.3) is 21.9 Å². The van der Waals surface area contributed by atoms with Gasteiger partial charge < -0.3 is 19.5 Å². The summed E-state index contributed by atoms with van der Waals surface area (Å²) in [5.74, 6) is 1.71. The van der Waals surface area contributed by atoms with E-state index in [0.29, 0.717) is 28.3 Å². The summed E-state index contributed by atoms with van der Waals surface area (Å²) >= 11 is 13.7. The molecular weight excluding hydrogens is 699 g/mol. The Bertz CT molecular complexity index is 2020. The van der Waals surface area contributed by atoms with E-state index in [1.807, 2.05) is 42.6 Å². The summed E-state index contributed by atoms with van der Waals surface area (Å²) in [6.07, 6.45) is 13.2. The number of aromatic nitrogens is 2. The molecule has 0 bridgehead atoms. The second-order valence-electron chi connectivity index (χ2n) is 14.6. The molecule has 2 aromatic carbocycles. The van der Waals surface area contributed by atoms with E-state index in [1.54, 1.807) is 31.1 Å². The molecule has 3 aliphatic rings. The average Bonchev–Trinajstić information content (AvgIpc) is 3.15. The summed E-state index contributed by atoms with van der Waals surface area (Å²) < 4.78 is 7.46. The first-order valence-corrected chi connectivity index (χ1v) is 19.1. The molecule has 0 radical (unpaired) electrons. The van der Waals surface area contributed by atoms with Crippen LogP contribution in [0.15, 0.2) is 59.8 Å². The average molecular weight is 746 g/mol. The summed E-state index contributed by atoms with van der Waals surface area (Å²) in [6, 6.07) is 11.4. The molecule has 10 nitrogen and oxygen atoms in total. The maximum absolute atomic E-state index is 12.7. The molecule has 5 heterocycles. The summed E-state index contributed by atoms with van der Waals surface area (Å²) in [5.41, 5.74) is 4.55. The number of ether oxygens (including phenoxy) is 1. The number of fused-ring (bicyclic) bond motifs is 1. The van der Waals surface area contributed by atoms with Crippen LogP contribution in [0.3, 0.4) is 0 Å². The molecule has 0 saturated carbocycles. The number of methoxy groups -OCH3 is 1.